The van der Waals surface area contributed by atoms with Gasteiger partial charge in [-0.15, -0.1) is 0 Å². The molecule has 1 aliphatic carbocycles. The van der Waals surface area contributed by atoms with Crippen molar-refractivity contribution < 1.29 is 14.4 Å². The highest BCUT2D eigenvalue weighted by molar-refractivity contribution is 5.52. The third-order valence-corrected chi connectivity index (χ3v) is 1.19. The normalized spacial score (nSPS) is 54.6. The van der Waals surface area contributed by atoms with Crippen molar-refractivity contribution in [2.75, 3.05) is 0 Å². The number of carbonyl (C=O) groups excluding carboxylic acids is 1. The van der Waals surface area contributed by atoms with E-state index in [1.165, 1.54) is 6.92 Å². The molecule has 1 rings (SSSR count). The van der Waals surface area contributed by atoms with E-state index in [4.69, 9.17) is 9.60 Å². The van der Waals surface area contributed by atoms with Crippen molar-refractivity contribution in [1.29, 1.82) is 0 Å². The fraction of sp³-hybridized carbons (Fsp3) is 0.875. The first-order valence-corrected chi connectivity index (χ1v) is 2.91. The van der Waals surface area contributed by atoms with Gasteiger partial charge in [0.25, 0.3) is 0 Å². The molecule has 0 amide bonds. The molecule has 0 aliphatic heterocycles. The van der Waals surface area contributed by atoms with Crippen LogP contribution in [0.5, 0.6) is 0 Å². The Morgan fingerprint density at radius 2 is 2.67 bits per heavy atom. The smallest absolute Gasteiger partial charge is 0.122 e. The first-order chi connectivity index (χ1) is 6.95. The summed E-state index contributed by atoms with van der Waals surface area (Å²) in [5.74, 6) is -2.89. The molecular weight excluding hydrogens is 112 g/mol. The van der Waals surface area contributed by atoms with Gasteiger partial charge in [0, 0.05) is 15.5 Å². The Balaban J connectivity index is 3.10. The number of carbonyl (C=O) groups is 1. The van der Waals surface area contributed by atoms with Crippen molar-refractivity contribution >= 4 is 6.29 Å². The fourth-order valence-electron chi connectivity index (χ4n) is 0.623. The first kappa shape index (κ1) is 2.08. The van der Waals surface area contributed by atoms with Crippen LogP contribution in [0.2, 0.25) is 0 Å². The summed E-state index contributed by atoms with van der Waals surface area (Å²) in [5.41, 5.74) is 0. The molecular formula is C8H14O. The van der Waals surface area contributed by atoms with Crippen LogP contribution in [0.3, 0.4) is 0 Å². The van der Waals surface area contributed by atoms with Gasteiger partial charge in [-0.3, -0.25) is 0 Å². The zero-order valence-corrected chi connectivity index (χ0v) is 5.27. The summed E-state index contributed by atoms with van der Waals surface area (Å²) in [4.78, 5) is 10.5. The van der Waals surface area contributed by atoms with E-state index in [1.807, 2.05) is 0 Å². The minimum atomic E-state index is -2.70. The highest BCUT2D eigenvalue weighted by Crippen LogP contribution is 2.31. The predicted octanol–water partition coefficient (Wildman–Crippen LogP) is 2.01. The summed E-state index contributed by atoms with van der Waals surface area (Å²) in [6.45, 7) is 1.46. The van der Waals surface area contributed by atoms with Crippen molar-refractivity contribution in [3.8, 4) is 0 Å². The van der Waals surface area contributed by atoms with Gasteiger partial charge in [0.1, 0.15) is 6.29 Å². The van der Waals surface area contributed by atoms with Crippen LogP contribution in [-0.2, 0) is 4.79 Å². The van der Waals surface area contributed by atoms with E-state index in [2.05, 4.69) is 0 Å². The highest BCUT2D eigenvalue weighted by Gasteiger charge is 2.19. The first-order valence-electron chi connectivity index (χ1n) is 6.41. The van der Waals surface area contributed by atoms with E-state index in [9.17, 15) is 4.79 Å². The Bertz CT molecular complexity index is 294. The predicted molar refractivity (Wildman–Crippen MR) is 37.2 cm³/mol. The molecule has 0 radical (unpaired) electrons. The molecule has 1 nitrogen and oxygen atoms in total. The maximum atomic E-state index is 10.5. The standard InChI is InChI=1S/C8H14O/c1-7(6-9)5-8-3-2-4-8/h6-8H,2-5H2,1H3/i2D2,3D2,4D2,8D. The average Bonchev–Trinajstić information content (AvgIpc) is 2.15. The van der Waals surface area contributed by atoms with Crippen LogP contribution in [0.25, 0.3) is 0 Å². The van der Waals surface area contributed by atoms with Gasteiger partial charge in [0.2, 0.25) is 0 Å². The van der Waals surface area contributed by atoms with Gasteiger partial charge in [-0.2, -0.15) is 0 Å². The summed E-state index contributed by atoms with van der Waals surface area (Å²) >= 11 is 0. The second-order valence-electron chi connectivity index (χ2n) is 2.17. The van der Waals surface area contributed by atoms with Crippen LogP contribution in [-0.4, -0.2) is 6.29 Å². The van der Waals surface area contributed by atoms with Gasteiger partial charge >= 0.3 is 0 Å². The second-order valence-corrected chi connectivity index (χ2v) is 2.17. The zero-order valence-electron chi connectivity index (χ0n) is 12.3. The molecule has 0 heterocycles. The molecule has 0 aromatic carbocycles. The van der Waals surface area contributed by atoms with Crippen molar-refractivity contribution in [2.45, 2.75) is 32.5 Å². The van der Waals surface area contributed by atoms with Crippen molar-refractivity contribution in [3.63, 3.8) is 0 Å². The van der Waals surface area contributed by atoms with E-state index in [1.54, 1.807) is 0 Å². The monoisotopic (exact) mass is 133 g/mol. The second kappa shape index (κ2) is 3.00. The van der Waals surface area contributed by atoms with Gasteiger partial charge in [-0.25, -0.2) is 0 Å². The molecule has 0 spiro atoms. The summed E-state index contributed by atoms with van der Waals surface area (Å²) < 4.78 is 52.5. The molecule has 52 valence electrons. The van der Waals surface area contributed by atoms with E-state index < -0.39 is 30.9 Å². The van der Waals surface area contributed by atoms with Crippen LogP contribution in [0, 0.1) is 11.8 Å². The maximum Gasteiger partial charge on any atom is 0.122 e. The van der Waals surface area contributed by atoms with Gasteiger partial charge in [-0.1, -0.05) is 26.0 Å². The van der Waals surface area contributed by atoms with Crippen LogP contribution >= 0.6 is 0 Å². The van der Waals surface area contributed by atoms with Gasteiger partial charge < -0.3 is 4.79 Å². The van der Waals surface area contributed by atoms with E-state index in [0.717, 1.165) is 0 Å². The fourth-order valence-corrected chi connectivity index (χ4v) is 0.623. The number of aldehydes is 1. The van der Waals surface area contributed by atoms with E-state index in [0.29, 0.717) is 6.29 Å². The zero-order chi connectivity index (χ0) is 13.0. The minimum absolute atomic E-state index is 0.323. The van der Waals surface area contributed by atoms with Crippen LogP contribution < -0.4 is 0 Å². The lowest BCUT2D eigenvalue weighted by atomic mass is 9.80. The molecule has 1 atom stereocenters. The van der Waals surface area contributed by atoms with Crippen molar-refractivity contribution in [1.82, 2.24) is 0 Å². The lowest BCUT2D eigenvalue weighted by Gasteiger charge is -2.26. The molecule has 1 unspecified atom stereocenters. The lowest BCUT2D eigenvalue weighted by molar-refractivity contribution is -0.111. The number of hydrogen-bond donors (Lipinski definition) is 0. The topological polar surface area (TPSA) is 17.1 Å². The maximum absolute atomic E-state index is 10.5. The number of rotatable bonds is 3. The van der Waals surface area contributed by atoms with Crippen LogP contribution in [0.15, 0.2) is 0 Å². The molecule has 0 aromatic heterocycles. The molecule has 9 heavy (non-hydrogen) atoms. The Hall–Kier alpha value is -0.330. The summed E-state index contributed by atoms with van der Waals surface area (Å²) in [6.07, 6.45) is -7.70. The third kappa shape index (κ3) is 1.81. The minimum Gasteiger partial charge on any atom is -0.303 e. The molecule has 1 fully saturated rings. The average molecular weight is 133 g/mol. The summed E-state index contributed by atoms with van der Waals surface area (Å²) in [5, 5.41) is 0. The summed E-state index contributed by atoms with van der Waals surface area (Å²) in [6, 6.07) is 0. The highest BCUT2D eigenvalue weighted by atomic mass is 16.1. The Morgan fingerprint density at radius 3 is 3.22 bits per heavy atom. The molecule has 1 heteroatoms. The quantitative estimate of drug-likeness (QED) is 0.538. The molecule has 0 N–H and O–H groups in total. The number of hydrogen-bond acceptors (Lipinski definition) is 1. The van der Waals surface area contributed by atoms with Gasteiger partial charge in [0.15, 0.2) is 0 Å². The van der Waals surface area contributed by atoms with E-state index in [-0.39, 0.29) is 6.42 Å². The summed E-state index contributed by atoms with van der Waals surface area (Å²) in [7, 11) is 0. The van der Waals surface area contributed by atoms with Crippen LogP contribution in [0.1, 0.15) is 42.1 Å². The van der Waals surface area contributed by atoms with Gasteiger partial charge in [-0.05, 0) is 12.3 Å². The lowest BCUT2D eigenvalue weighted by Crippen LogP contribution is -2.14. The molecule has 0 bridgehead atoms. The molecule has 0 saturated heterocycles. The largest absolute Gasteiger partial charge is 0.303 e. The molecule has 1 saturated carbocycles. The SMILES string of the molecule is [2H]C1([2H])C([2H])([2H])C([2H])(CC(C)C=O)C1([2H])[2H]. The third-order valence-electron chi connectivity index (χ3n) is 1.19. The van der Waals surface area contributed by atoms with E-state index >= 15 is 0 Å². The molecule has 1 aliphatic rings. The molecule has 0 aromatic rings. The Kier molecular flexibility index (Phi) is 0.692. The van der Waals surface area contributed by atoms with Crippen molar-refractivity contribution in [3.05, 3.63) is 0 Å². The van der Waals surface area contributed by atoms with Crippen molar-refractivity contribution in [2.24, 2.45) is 11.8 Å². The van der Waals surface area contributed by atoms with Crippen LogP contribution in [0.4, 0.5) is 0 Å². The Morgan fingerprint density at radius 1 is 2.00 bits per heavy atom. The Labute approximate surface area is 66.3 Å². The van der Waals surface area contributed by atoms with Gasteiger partial charge in [0.05, 0.1) is 0 Å².